The van der Waals surface area contributed by atoms with Crippen molar-refractivity contribution >= 4 is 23.4 Å². The molecule has 0 aliphatic heterocycles. The Hall–Kier alpha value is -2.02. The van der Waals surface area contributed by atoms with E-state index in [2.05, 4.69) is 28.5 Å². The molecule has 6 nitrogen and oxygen atoms in total. The molecule has 0 unspecified atom stereocenters. The van der Waals surface area contributed by atoms with Crippen LogP contribution >= 0.6 is 11.8 Å². The van der Waals surface area contributed by atoms with Crippen molar-refractivity contribution in [2.45, 2.75) is 45.2 Å². The van der Waals surface area contributed by atoms with Crippen molar-refractivity contribution in [1.29, 1.82) is 0 Å². The maximum Gasteiger partial charge on any atom is 0.234 e. The predicted molar refractivity (Wildman–Crippen MR) is 94.1 cm³/mol. The standard InChI is InChI=1S/C16H23N5OS/c1-4-5-6-14-19-20-16(21(14)17)23-10-15(22)18-13-8-11(2)7-12(3)9-13/h7-9H,4-6,10,17H2,1-3H3,(H,18,22). The average molecular weight is 333 g/mol. The highest BCUT2D eigenvalue weighted by Crippen LogP contribution is 2.17. The molecule has 0 saturated heterocycles. The van der Waals surface area contributed by atoms with Crippen molar-refractivity contribution in [3.63, 3.8) is 0 Å². The van der Waals surface area contributed by atoms with E-state index in [1.807, 2.05) is 26.0 Å². The van der Waals surface area contributed by atoms with Crippen LogP contribution in [0, 0.1) is 13.8 Å². The van der Waals surface area contributed by atoms with Gasteiger partial charge in [-0.15, -0.1) is 10.2 Å². The summed E-state index contributed by atoms with van der Waals surface area (Å²) in [5, 5.41) is 11.6. The number of unbranched alkanes of at least 4 members (excludes halogenated alkanes) is 1. The molecular weight excluding hydrogens is 310 g/mol. The molecule has 0 saturated carbocycles. The minimum absolute atomic E-state index is 0.0851. The maximum atomic E-state index is 12.1. The third-order valence-corrected chi connectivity index (χ3v) is 4.27. The molecule has 0 atom stereocenters. The Kier molecular flexibility index (Phi) is 6.04. The normalized spacial score (nSPS) is 10.7. The smallest absolute Gasteiger partial charge is 0.234 e. The number of carbonyl (C=O) groups is 1. The first-order chi connectivity index (χ1) is 11.0. The molecule has 2 aromatic rings. The molecule has 0 aliphatic rings. The van der Waals surface area contributed by atoms with Crippen molar-refractivity contribution in [2.75, 3.05) is 16.9 Å². The minimum Gasteiger partial charge on any atom is -0.336 e. The van der Waals surface area contributed by atoms with E-state index in [9.17, 15) is 4.79 Å². The van der Waals surface area contributed by atoms with Gasteiger partial charge in [-0.3, -0.25) is 4.79 Å². The van der Waals surface area contributed by atoms with E-state index in [0.717, 1.165) is 41.9 Å². The van der Waals surface area contributed by atoms with Gasteiger partial charge >= 0.3 is 0 Å². The molecular formula is C16H23N5OS. The van der Waals surface area contributed by atoms with E-state index < -0.39 is 0 Å². The van der Waals surface area contributed by atoms with Gasteiger partial charge in [0.05, 0.1) is 5.75 Å². The fraction of sp³-hybridized carbons (Fsp3) is 0.438. The number of anilines is 1. The number of hydrogen-bond donors (Lipinski definition) is 2. The number of thioether (sulfide) groups is 1. The lowest BCUT2D eigenvalue weighted by Gasteiger charge is -2.07. The summed E-state index contributed by atoms with van der Waals surface area (Å²) in [5.41, 5.74) is 3.05. The highest BCUT2D eigenvalue weighted by molar-refractivity contribution is 7.99. The summed E-state index contributed by atoms with van der Waals surface area (Å²) in [6, 6.07) is 5.97. The second-order valence-electron chi connectivity index (χ2n) is 5.59. The zero-order chi connectivity index (χ0) is 16.8. The van der Waals surface area contributed by atoms with Crippen LogP contribution in [0.2, 0.25) is 0 Å². The van der Waals surface area contributed by atoms with Gasteiger partial charge in [0.1, 0.15) is 0 Å². The fourth-order valence-electron chi connectivity index (χ4n) is 2.29. The number of nitrogens with zero attached hydrogens (tertiary/aromatic N) is 3. The molecule has 1 heterocycles. The topological polar surface area (TPSA) is 85.8 Å². The van der Waals surface area contributed by atoms with Gasteiger partial charge in [0.2, 0.25) is 11.1 Å². The van der Waals surface area contributed by atoms with Crippen LogP contribution in [0.15, 0.2) is 23.4 Å². The van der Waals surface area contributed by atoms with Crippen LogP contribution in [0.1, 0.15) is 36.7 Å². The summed E-state index contributed by atoms with van der Waals surface area (Å²) < 4.78 is 1.48. The number of rotatable bonds is 7. The van der Waals surface area contributed by atoms with Crippen LogP contribution in [0.3, 0.4) is 0 Å². The van der Waals surface area contributed by atoms with Crippen molar-refractivity contribution in [3.8, 4) is 0 Å². The Labute approximate surface area is 140 Å². The van der Waals surface area contributed by atoms with Gasteiger partial charge in [-0.25, -0.2) is 4.68 Å². The van der Waals surface area contributed by atoms with Crippen LogP contribution in [-0.2, 0) is 11.2 Å². The molecule has 3 N–H and O–H groups in total. The summed E-state index contributed by atoms with van der Waals surface area (Å²) in [4.78, 5) is 12.1. The molecule has 2 rings (SSSR count). The van der Waals surface area contributed by atoms with E-state index in [1.54, 1.807) is 0 Å². The average Bonchev–Trinajstić information content (AvgIpc) is 2.82. The zero-order valence-corrected chi connectivity index (χ0v) is 14.6. The Morgan fingerprint density at radius 1 is 1.26 bits per heavy atom. The Morgan fingerprint density at radius 3 is 2.61 bits per heavy atom. The van der Waals surface area contributed by atoms with Gasteiger partial charge in [-0.2, -0.15) is 0 Å². The zero-order valence-electron chi connectivity index (χ0n) is 13.8. The fourth-order valence-corrected chi connectivity index (χ4v) is 2.96. The summed E-state index contributed by atoms with van der Waals surface area (Å²) in [6.45, 7) is 6.13. The Balaban J connectivity index is 1.90. The van der Waals surface area contributed by atoms with E-state index in [1.165, 1.54) is 16.4 Å². The third kappa shape index (κ3) is 4.99. The van der Waals surface area contributed by atoms with Gasteiger partial charge in [0.25, 0.3) is 0 Å². The van der Waals surface area contributed by atoms with Crippen LogP contribution in [0.5, 0.6) is 0 Å². The number of benzene rings is 1. The molecule has 7 heteroatoms. The molecule has 1 amide bonds. The van der Waals surface area contributed by atoms with E-state index in [0.29, 0.717) is 5.16 Å². The molecule has 0 fully saturated rings. The molecule has 0 radical (unpaired) electrons. The first-order valence-electron chi connectivity index (χ1n) is 7.70. The van der Waals surface area contributed by atoms with Crippen molar-refractivity contribution in [3.05, 3.63) is 35.2 Å². The minimum atomic E-state index is -0.0851. The van der Waals surface area contributed by atoms with Gasteiger partial charge in [0.15, 0.2) is 5.82 Å². The monoisotopic (exact) mass is 333 g/mol. The highest BCUT2D eigenvalue weighted by Gasteiger charge is 2.12. The lowest BCUT2D eigenvalue weighted by Crippen LogP contribution is -2.17. The van der Waals surface area contributed by atoms with Crippen LogP contribution in [0.4, 0.5) is 5.69 Å². The van der Waals surface area contributed by atoms with Crippen LogP contribution in [0.25, 0.3) is 0 Å². The largest absolute Gasteiger partial charge is 0.336 e. The molecule has 1 aromatic heterocycles. The van der Waals surface area contributed by atoms with Gasteiger partial charge in [-0.1, -0.05) is 31.2 Å². The van der Waals surface area contributed by atoms with Crippen molar-refractivity contribution in [1.82, 2.24) is 14.9 Å². The van der Waals surface area contributed by atoms with Gasteiger partial charge in [-0.05, 0) is 43.5 Å². The van der Waals surface area contributed by atoms with Crippen LogP contribution < -0.4 is 11.2 Å². The number of hydrogen-bond acceptors (Lipinski definition) is 5. The van der Waals surface area contributed by atoms with Crippen LogP contribution in [-0.4, -0.2) is 26.5 Å². The predicted octanol–water partition coefficient (Wildman–Crippen LogP) is 2.68. The first-order valence-corrected chi connectivity index (χ1v) is 8.68. The summed E-state index contributed by atoms with van der Waals surface area (Å²) in [7, 11) is 0. The lowest BCUT2D eigenvalue weighted by molar-refractivity contribution is -0.113. The molecule has 0 aliphatic carbocycles. The first kappa shape index (κ1) is 17.3. The van der Waals surface area contributed by atoms with E-state index in [4.69, 9.17) is 5.84 Å². The SMILES string of the molecule is CCCCc1nnc(SCC(=O)Nc2cc(C)cc(C)c2)n1N. The number of aryl methyl sites for hydroxylation is 3. The number of carbonyl (C=O) groups excluding carboxylic acids is 1. The summed E-state index contributed by atoms with van der Waals surface area (Å²) >= 11 is 1.29. The third-order valence-electron chi connectivity index (χ3n) is 3.33. The number of nitrogen functional groups attached to an aromatic ring is 1. The second-order valence-corrected chi connectivity index (χ2v) is 6.53. The summed E-state index contributed by atoms with van der Waals surface area (Å²) in [6.07, 6.45) is 2.90. The number of nitrogens with two attached hydrogens (primary N) is 1. The Bertz CT molecular complexity index is 663. The number of amides is 1. The van der Waals surface area contributed by atoms with Crippen molar-refractivity contribution < 1.29 is 4.79 Å². The quantitative estimate of drug-likeness (QED) is 0.601. The Morgan fingerprint density at radius 2 is 1.96 bits per heavy atom. The lowest BCUT2D eigenvalue weighted by atomic mass is 10.1. The molecule has 124 valence electrons. The highest BCUT2D eigenvalue weighted by atomic mass is 32.2. The maximum absolute atomic E-state index is 12.1. The molecule has 0 bridgehead atoms. The van der Waals surface area contributed by atoms with Crippen molar-refractivity contribution in [2.24, 2.45) is 0 Å². The molecule has 0 spiro atoms. The summed E-state index contributed by atoms with van der Waals surface area (Å²) in [5.74, 6) is 6.88. The van der Waals surface area contributed by atoms with Gasteiger partial charge < -0.3 is 11.2 Å². The number of aromatic nitrogens is 3. The molecule has 23 heavy (non-hydrogen) atoms. The van der Waals surface area contributed by atoms with E-state index >= 15 is 0 Å². The number of nitrogens with one attached hydrogen (secondary N) is 1. The van der Waals surface area contributed by atoms with E-state index in [-0.39, 0.29) is 11.7 Å². The molecule has 1 aromatic carbocycles. The second kappa shape index (κ2) is 8.01. The van der Waals surface area contributed by atoms with Gasteiger partial charge in [0, 0.05) is 12.1 Å².